The zero-order chi connectivity index (χ0) is 6.97. The lowest BCUT2D eigenvalue weighted by molar-refractivity contribution is -0.674. The predicted molar refractivity (Wildman–Crippen MR) is 36.5 cm³/mol. The van der Waals surface area contributed by atoms with E-state index in [9.17, 15) is 0 Å². The summed E-state index contributed by atoms with van der Waals surface area (Å²) in [5, 5.41) is 0. The van der Waals surface area contributed by atoms with Gasteiger partial charge in [0.25, 0.3) is 0 Å². The molecule has 0 N–H and O–H groups in total. The lowest BCUT2D eigenvalue weighted by atomic mass is 9.84. The van der Waals surface area contributed by atoms with Gasteiger partial charge >= 0.3 is 6.39 Å². The molecule has 0 aliphatic heterocycles. The average molecular weight is 138 g/mol. The fraction of sp³-hybridized carbons (Fsp3) is 0.625. The van der Waals surface area contributed by atoms with Crippen LogP contribution in [0.25, 0.3) is 0 Å². The zero-order valence-electron chi connectivity index (χ0n) is 6.21. The van der Waals surface area contributed by atoms with Gasteiger partial charge in [0.2, 0.25) is 6.20 Å². The minimum absolute atomic E-state index is 0.723. The summed E-state index contributed by atoms with van der Waals surface area (Å²) in [6, 6.07) is 0. The molecule has 0 aromatic carbocycles. The van der Waals surface area contributed by atoms with Gasteiger partial charge in [-0.05, 0) is 12.8 Å². The number of aryl methyl sites for hydroxylation is 1. The standard InChI is InChI=1S/C8H12NO/c1-9-5-8(10-6-9)7-3-2-4-7/h5-7H,2-4H2,1H3/q+1. The van der Waals surface area contributed by atoms with Crippen molar-refractivity contribution in [2.45, 2.75) is 25.2 Å². The van der Waals surface area contributed by atoms with Crippen molar-refractivity contribution >= 4 is 0 Å². The first-order chi connectivity index (χ1) is 4.86. The Morgan fingerprint density at radius 3 is 2.80 bits per heavy atom. The van der Waals surface area contributed by atoms with E-state index in [-0.39, 0.29) is 0 Å². The minimum atomic E-state index is 0.723. The van der Waals surface area contributed by atoms with Crippen LogP contribution in [0.2, 0.25) is 0 Å². The van der Waals surface area contributed by atoms with E-state index in [2.05, 4.69) is 6.20 Å². The van der Waals surface area contributed by atoms with Crippen LogP contribution < -0.4 is 4.57 Å². The third kappa shape index (κ3) is 0.838. The molecule has 10 heavy (non-hydrogen) atoms. The molecule has 2 nitrogen and oxygen atoms in total. The second-order valence-electron chi connectivity index (χ2n) is 3.05. The molecule has 1 fully saturated rings. The molecule has 0 atom stereocenters. The molecule has 1 aliphatic carbocycles. The summed E-state index contributed by atoms with van der Waals surface area (Å²) in [5.41, 5.74) is 0. The highest BCUT2D eigenvalue weighted by molar-refractivity contribution is 4.99. The summed E-state index contributed by atoms with van der Waals surface area (Å²) in [6.07, 6.45) is 7.83. The summed E-state index contributed by atoms with van der Waals surface area (Å²) in [5.74, 6) is 1.88. The van der Waals surface area contributed by atoms with Crippen LogP contribution in [0.4, 0.5) is 0 Å². The van der Waals surface area contributed by atoms with Crippen LogP contribution in [0.1, 0.15) is 30.9 Å². The first-order valence-electron chi connectivity index (χ1n) is 3.80. The predicted octanol–water partition coefficient (Wildman–Crippen LogP) is 1.37. The fourth-order valence-corrected chi connectivity index (χ4v) is 1.30. The maximum absolute atomic E-state index is 5.33. The molecule has 0 bridgehead atoms. The van der Waals surface area contributed by atoms with Gasteiger partial charge in [-0.25, -0.2) is 0 Å². The SMILES string of the molecule is C[n+]1coc(C2CCC2)c1. The smallest absolute Gasteiger partial charge is 0.334 e. The molecule has 2 rings (SSSR count). The van der Waals surface area contributed by atoms with Crippen molar-refractivity contribution in [1.82, 2.24) is 0 Å². The summed E-state index contributed by atoms with van der Waals surface area (Å²) < 4.78 is 7.30. The van der Waals surface area contributed by atoms with Crippen molar-refractivity contribution in [2.24, 2.45) is 7.05 Å². The summed E-state index contributed by atoms with van der Waals surface area (Å²) >= 11 is 0. The highest BCUT2D eigenvalue weighted by Gasteiger charge is 2.24. The second kappa shape index (κ2) is 2.11. The number of hydrogen-bond acceptors (Lipinski definition) is 1. The summed E-state index contributed by atoms with van der Waals surface area (Å²) in [4.78, 5) is 0. The molecule has 2 heteroatoms. The van der Waals surface area contributed by atoms with E-state index in [1.807, 2.05) is 11.6 Å². The lowest BCUT2D eigenvalue weighted by Crippen LogP contribution is -2.23. The molecule has 54 valence electrons. The molecule has 0 radical (unpaired) electrons. The van der Waals surface area contributed by atoms with E-state index < -0.39 is 0 Å². The molecule has 0 unspecified atom stereocenters. The molecule has 1 saturated carbocycles. The third-order valence-corrected chi connectivity index (χ3v) is 2.19. The second-order valence-corrected chi connectivity index (χ2v) is 3.05. The molecule has 0 amide bonds. The van der Waals surface area contributed by atoms with Gasteiger partial charge in [0.05, 0.1) is 0 Å². The molecule has 1 heterocycles. The Kier molecular flexibility index (Phi) is 1.26. The molecule has 0 saturated heterocycles. The van der Waals surface area contributed by atoms with Gasteiger partial charge in [0.1, 0.15) is 7.05 Å². The van der Waals surface area contributed by atoms with E-state index in [1.165, 1.54) is 19.3 Å². The van der Waals surface area contributed by atoms with Gasteiger partial charge in [-0.2, -0.15) is 4.57 Å². The Labute approximate surface area is 60.5 Å². The minimum Gasteiger partial charge on any atom is -0.409 e. The normalized spacial score (nSPS) is 18.9. The number of hydrogen-bond donors (Lipinski definition) is 0. The maximum atomic E-state index is 5.33. The molecule has 0 spiro atoms. The van der Waals surface area contributed by atoms with E-state index in [0.29, 0.717) is 0 Å². The third-order valence-electron chi connectivity index (χ3n) is 2.19. The highest BCUT2D eigenvalue weighted by atomic mass is 16.3. The summed E-state index contributed by atoms with van der Waals surface area (Å²) in [7, 11) is 1.99. The Bertz CT molecular complexity index is 225. The van der Waals surface area contributed by atoms with Gasteiger partial charge in [-0.15, -0.1) is 0 Å². The van der Waals surface area contributed by atoms with E-state index >= 15 is 0 Å². The van der Waals surface area contributed by atoms with Crippen LogP contribution in [0, 0.1) is 0 Å². The molecule has 1 aromatic rings. The van der Waals surface area contributed by atoms with Gasteiger partial charge in [-0.1, -0.05) is 6.42 Å². The maximum Gasteiger partial charge on any atom is 0.334 e. The lowest BCUT2D eigenvalue weighted by Gasteiger charge is -2.20. The quantitative estimate of drug-likeness (QED) is 0.536. The van der Waals surface area contributed by atoms with Crippen molar-refractivity contribution in [3.05, 3.63) is 18.4 Å². The van der Waals surface area contributed by atoms with Crippen LogP contribution in [0.5, 0.6) is 0 Å². The van der Waals surface area contributed by atoms with Gasteiger partial charge in [-0.3, -0.25) is 0 Å². The van der Waals surface area contributed by atoms with Crippen LogP contribution in [0.15, 0.2) is 17.0 Å². The molecular formula is C8H12NO+. The van der Waals surface area contributed by atoms with Crippen molar-refractivity contribution in [1.29, 1.82) is 0 Å². The van der Waals surface area contributed by atoms with E-state index in [1.54, 1.807) is 6.39 Å². The van der Waals surface area contributed by atoms with Crippen LogP contribution >= 0.6 is 0 Å². The van der Waals surface area contributed by atoms with Gasteiger partial charge in [0, 0.05) is 5.92 Å². The number of aromatic nitrogens is 1. The van der Waals surface area contributed by atoms with Gasteiger partial charge in [0.15, 0.2) is 5.76 Å². The molecular weight excluding hydrogens is 126 g/mol. The van der Waals surface area contributed by atoms with Crippen molar-refractivity contribution in [3.8, 4) is 0 Å². The van der Waals surface area contributed by atoms with Crippen LogP contribution in [-0.4, -0.2) is 0 Å². The Morgan fingerprint density at radius 2 is 2.40 bits per heavy atom. The van der Waals surface area contributed by atoms with Crippen molar-refractivity contribution in [3.63, 3.8) is 0 Å². The first-order valence-corrected chi connectivity index (χ1v) is 3.80. The van der Waals surface area contributed by atoms with Gasteiger partial charge < -0.3 is 4.42 Å². The first kappa shape index (κ1) is 5.96. The Balaban J connectivity index is 2.17. The summed E-state index contributed by atoms with van der Waals surface area (Å²) in [6.45, 7) is 0. The van der Waals surface area contributed by atoms with E-state index in [0.717, 1.165) is 11.7 Å². The van der Waals surface area contributed by atoms with Crippen molar-refractivity contribution < 1.29 is 8.98 Å². The average Bonchev–Trinajstić information content (AvgIpc) is 2.10. The Hall–Kier alpha value is -0.790. The fourth-order valence-electron chi connectivity index (χ4n) is 1.30. The van der Waals surface area contributed by atoms with Crippen LogP contribution in [0.3, 0.4) is 0 Å². The number of rotatable bonds is 1. The van der Waals surface area contributed by atoms with Crippen molar-refractivity contribution in [2.75, 3.05) is 0 Å². The number of nitrogens with zero attached hydrogens (tertiary/aromatic N) is 1. The zero-order valence-corrected chi connectivity index (χ0v) is 6.21. The van der Waals surface area contributed by atoms with E-state index in [4.69, 9.17) is 4.42 Å². The molecule has 1 aliphatic rings. The number of oxazole rings is 1. The topological polar surface area (TPSA) is 17.0 Å². The highest BCUT2D eigenvalue weighted by Crippen LogP contribution is 2.35. The monoisotopic (exact) mass is 138 g/mol. The van der Waals surface area contributed by atoms with Crippen LogP contribution in [-0.2, 0) is 7.05 Å². The molecule has 1 aromatic heterocycles. The Morgan fingerprint density at radius 1 is 1.60 bits per heavy atom. The largest absolute Gasteiger partial charge is 0.409 e.